The number of methoxy groups -OCH3 is 1. The molecule has 4 fully saturated rings. The van der Waals surface area contributed by atoms with Crippen molar-refractivity contribution in [2.45, 2.75) is 49.3 Å². The van der Waals surface area contributed by atoms with E-state index in [1.54, 1.807) is 46.0 Å². The van der Waals surface area contributed by atoms with Crippen LogP contribution in [-0.2, 0) is 30.5 Å². The number of carbonyl (C=O) groups is 5. The Morgan fingerprint density at radius 3 is 1.76 bits per heavy atom. The third kappa shape index (κ3) is 7.14. The minimum absolute atomic E-state index is 0.00637. The van der Waals surface area contributed by atoms with Gasteiger partial charge in [0.15, 0.2) is 0 Å². The lowest BCUT2D eigenvalue weighted by atomic mass is 9.94. The Morgan fingerprint density at radius 2 is 1.26 bits per heavy atom. The van der Waals surface area contributed by atoms with E-state index in [4.69, 9.17) is 4.74 Å². The third-order valence-corrected chi connectivity index (χ3v) is 10.7. The van der Waals surface area contributed by atoms with Crippen molar-refractivity contribution in [1.29, 1.82) is 0 Å². The van der Waals surface area contributed by atoms with Gasteiger partial charge in [0.05, 0.1) is 25.5 Å². The molecule has 4 aliphatic rings. The van der Waals surface area contributed by atoms with Gasteiger partial charge < -0.3 is 25.2 Å². The second kappa shape index (κ2) is 14.1. The Bertz CT molecular complexity index is 1680. The number of rotatable bonds is 10. The Labute approximate surface area is 291 Å². The molecule has 0 aromatic heterocycles. The van der Waals surface area contributed by atoms with Gasteiger partial charge in [-0.3, -0.25) is 28.9 Å². The van der Waals surface area contributed by atoms with Crippen molar-refractivity contribution < 1.29 is 28.7 Å². The molecule has 2 heterocycles. The van der Waals surface area contributed by atoms with Crippen LogP contribution in [-0.4, -0.2) is 103 Å². The fraction of sp³-hybridized carbons (Fsp3) is 0.410. The first-order chi connectivity index (χ1) is 24.2. The molecule has 0 radical (unpaired) electrons. The highest BCUT2D eigenvalue weighted by molar-refractivity contribution is 5.97. The molecule has 0 unspecified atom stereocenters. The highest BCUT2D eigenvalue weighted by atomic mass is 16.5. The zero-order chi connectivity index (χ0) is 34.9. The molecule has 7 rings (SSSR count). The van der Waals surface area contributed by atoms with E-state index >= 15 is 0 Å². The summed E-state index contributed by atoms with van der Waals surface area (Å²) in [7, 11) is 3.05. The van der Waals surface area contributed by atoms with Crippen molar-refractivity contribution in [3.8, 4) is 0 Å². The van der Waals surface area contributed by atoms with Gasteiger partial charge in [0.25, 0.3) is 5.91 Å². The number of nitrogens with one attached hydrogen (secondary N) is 2. The summed E-state index contributed by atoms with van der Waals surface area (Å²) in [5.41, 5.74) is 3.61. The van der Waals surface area contributed by atoms with Gasteiger partial charge in [-0.1, -0.05) is 72.8 Å². The van der Waals surface area contributed by atoms with Crippen LogP contribution in [0.2, 0.25) is 0 Å². The fourth-order valence-electron chi connectivity index (χ4n) is 7.50. The number of esters is 1. The average molecular weight is 678 g/mol. The van der Waals surface area contributed by atoms with Gasteiger partial charge in [-0.25, -0.2) is 0 Å². The summed E-state index contributed by atoms with van der Waals surface area (Å²) >= 11 is 0. The molecule has 2 saturated carbocycles. The molecule has 260 valence electrons. The Morgan fingerprint density at radius 1 is 0.740 bits per heavy atom. The molecule has 2 saturated heterocycles. The summed E-state index contributed by atoms with van der Waals surface area (Å²) in [6, 6.07) is 26.7. The van der Waals surface area contributed by atoms with Crippen molar-refractivity contribution in [2.24, 2.45) is 11.8 Å². The Balaban J connectivity index is 1.01. The smallest absolute Gasteiger partial charge is 0.324 e. The number of ether oxygens (including phenoxy) is 1. The summed E-state index contributed by atoms with van der Waals surface area (Å²) in [4.78, 5) is 71.2. The summed E-state index contributed by atoms with van der Waals surface area (Å²) in [6.07, 6.45) is 1.69. The number of nitrogens with zero attached hydrogens (tertiary/aromatic N) is 3. The van der Waals surface area contributed by atoms with Crippen molar-refractivity contribution in [3.63, 3.8) is 0 Å². The lowest BCUT2D eigenvalue weighted by molar-refractivity contribution is -0.153. The second-order valence-electron chi connectivity index (χ2n) is 14.1. The lowest BCUT2D eigenvalue weighted by Gasteiger charge is -2.37. The van der Waals surface area contributed by atoms with E-state index in [-0.39, 0.29) is 73.7 Å². The lowest BCUT2D eigenvalue weighted by Crippen LogP contribution is -2.57. The van der Waals surface area contributed by atoms with Crippen LogP contribution in [0.25, 0.3) is 0 Å². The van der Waals surface area contributed by atoms with Gasteiger partial charge in [0.1, 0.15) is 6.04 Å². The minimum atomic E-state index is -0.671. The van der Waals surface area contributed by atoms with Gasteiger partial charge in [0, 0.05) is 55.7 Å². The maximum Gasteiger partial charge on any atom is 0.324 e. The number of carbonyl (C=O) groups excluding carboxylic acids is 5. The number of benzene rings is 3. The van der Waals surface area contributed by atoms with Crippen molar-refractivity contribution in [2.75, 3.05) is 40.3 Å². The van der Waals surface area contributed by atoms with Gasteiger partial charge in [0.2, 0.25) is 17.7 Å². The van der Waals surface area contributed by atoms with E-state index in [9.17, 15) is 24.0 Å². The quantitative estimate of drug-likeness (QED) is 0.316. The highest BCUT2D eigenvalue weighted by Crippen LogP contribution is 2.42. The fourth-order valence-corrected chi connectivity index (χ4v) is 7.50. The van der Waals surface area contributed by atoms with Crippen LogP contribution in [0.1, 0.15) is 51.7 Å². The molecule has 3 aromatic rings. The topological polar surface area (TPSA) is 128 Å². The Hall–Kier alpha value is -5.03. The largest absolute Gasteiger partial charge is 0.468 e. The summed E-state index contributed by atoms with van der Waals surface area (Å²) in [6.45, 7) is 0.897. The van der Waals surface area contributed by atoms with Crippen LogP contribution in [0.15, 0.2) is 84.9 Å². The molecule has 0 spiro atoms. The van der Waals surface area contributed by atoms with Crippen molar-refractivity contribution in [1.82, 2.24) is 25.3 Å². The summed E-state index contributed by atoms with van der Waals surface area (Å²) < 4.78 is 4.91. The van der Waals surface area contributed by atoms with E-state index in [2.05, 4.69) is 34.9 Å². The highest BCUT2D eigenvalue weighted by Gasteiger charge is 2.49. The first-order valence-corrected chi connectivity index (χ1v) is 17.3. The predicted octanol–water partition coefficient (Wildman–Crippen LogP) is 2.54. The summed E-state index contributed by atoms with van der Waals surface area (Å²) in [5.74, 6) is -1.99. The number of piperazine rings is 1. The molecule has 2 aliphatic heterocycles. The van der Waals surface area contributed by atoms with Crippen LogP contribution >= 0.6 is 0 Å². The number of likely N-dealkylation sites (tertiary alicyclic amines) is 1. The van der Waals surface area contributed by atoms with Crippen LogP contribution in [0.3, 0.4) is 0 Å². The van der Waals surface area contributed by atoms with Gasteiger partial charge in [-0.2, -0.15) is 0 Å². The monoisotopic (exact) mass is 677 g/mol. The zero-order valence-electron chi connectivity index (χ0n) is 28.4. The SMILES string of the molecule is COC(=O)[C@H]1CN(Cc2ccc(C(=O)N3C[C@@H](C(=O)N[C@H]4C[C@@H]4c4ccccc4)[C@H](C(=O)N[C@H]4C[C@@H]4c4ccccc4)C3)cc2)C(=O)CN1C. The molecular weight excluding hydrogens is 634 g/mol. The second-order valence-corrected chi connectivity index (χ2v) is 14.1. The van der Waals surface area contributed by atoms with E-state index in [0.717, 1.165) is 18.4 Å². The molecule has 7 atom stereocenters. The van der Waals surface area contributed by atoms with Crippen LogP contribution < -0.4 is 10.6 Å². The van der Waals surface area contributed by atoms with Crippen LogP contribution in [0.5, 0.6) is 0 Å². The van der Waals surface area contributed by atoms with Crippen LogP contribution in [0.4, 0.5) is 0 Å². The number of amides is 4. The maximum absolute atomic E-state index is 13.8. The third-order valence-electron chi connectivity index (χ3n) is 10.7. The minimum Gasteiger partial charge on any atom is -0.468 e. The van der Waals surface area contributed by atoms with E-state index in [1.807, 2.05) is 36.4 Å². The van der Waals surface area contributed by atoms with Crippen LogP contribution in [0, 0.1) is 11.8 Å². The molecule has 0 bridgehead atoms. The molecular formula is C39H43N5O6. The molecule has 4 amide bonds. The molecule has 2 N–H and O–H groups in total. The van der Waals surface area contributed by atoms with E-state index in [0.29, 0.717) is 12.1 Å². The number of likely N-dealkylation sites (N-methyl/N-ethyl adjacent to an activating group) is 1. The molecule has 11 nitrogen and oxygen atoms in total. The first kappa shape index (κ1) is 33.5. The average Bonchev–Trinajstić information content (AvgIpc) is 4.04. The number of hydrogen-bond acceptors (Lipinski definition) is 7. The number of hydrogen-bond donors (Lipinski definition) is 2. The first-order valence-electron chi connectivity index (χ1n) is 17.3. The van der Waals surface area contributed by atoms with Crippen molar-refractivity contribution in [3.05, 3.63) is 107 Å². The van der Waals surface area contributed by atoms with Gasteiger partial charge in [-0.15, -0.1) is 0 Å². The predicted molar refractivity (Wildman–Crippen MR) is 185 cm³/mol. The van der Waals surface area contributed by atoms with E-state index < -0.39 is 23.8 Å². The molecule has 2 aliphatic carbocycles. The Kier molecular flexibility index (Phi) is 9.42. The maximum atomic E-state index is 13.8. The standard InChI is InChI=1S/C39H43N5O6/c1-42-23-35(45)43(22-34(42)39(49)50-2)19-24-13-15-27(16-14-24)38(48)44-20-30(36(46)40-32-17-28(32)25-9-5-3-6-10-25)31(21-44)37(47)41-33-18-29(33)26-11-7-4-8-12-26/h3-16,28-34H,17-23H2,1-2H3,(H,40,46)(H,41,47)/t28-,29-,30-,31-,32+,33+,34-/m1/s1. The summed E-state index contributed by atoms with van der Waals surface area (Å²) in [5, 5.41) is 6.35. The van der Waals surface area contributed by atoms with E-state index in [1.165, 1.54) is 18.2 Å². The van der Waals surface area contributed by atoms with Gasteiger partial charge in [-0.05, 0) is 48.7 Å². The molecule has 11 heteroatoms. The normalized spacial score (nSPS) is 27.4. The zero-order valence-corrected chi connectivity index (χ0v) is 28.4. The van der Waals surface area contributed by atoms with Gasteiger partial charge >= 0.3 is 5.97 Å². The van der Waals surface area contributed by atoms with Crippen molar-refractivity contribution >= 4 is 29.6 Å². The molecule has 50 heavy (non-hydrogen) atoms. The molecule has 3 aromatic carbocycles.